The van der Waals surface area contributed by atoms with Crippen molar-refractivity contribution in [1.82, 2.24) is 4.98 Å². The number of benzene rings is 1. The monoisotopic (exact) mass is 238 g/mol. The smallest absolute Gasteiger partial charge is 0.180 e. The summed E-state index contributed by atoms with van der Waals surface area (Å²) in [6.45, 7) is 0. The lowest BCUT2D eigenvalue weighted by Gasteiger charge is -2.03. The van der Waals surface area contributed by atoms with Gasteiger partial charge in [-0.25, -0.2) is 9.37 Å². The predicted octanol–water partition coefficient (Wildman–Crippen LogP) is 2.46. The normalized spacial score (nSPS) is 10.4. The van der Waals surface area contributed by atoms with E-state index in [4.69, 9.17) is 10.5 Å². The van der Waals surface area contributed by atoms with Crippen molar-refractivity contribution in [3.05, 3.63) is 40.7 Å². The topological polar surface area (TPSA) is 48.1 Å². The maximum atomic E-state index is 13.4. The van der Waals surface area contributed by atoms with Gasteiger partial charge >= 0.3 is 0 Å². The minimum absolute atomic E-state index is 0.251. The second-order valence-electron chi connectivity index (χ2n) is 3.32. The SMILES string of the molecule is COc1ccc(Cc2csc(N)n2)cc1F. The number of nitrogens with two attached hydrogens (primary N) is 1. The molecule has 0 saturated carbocycles. The molecule has 84 valence electrons. The Morgan fingerprint density at radius 1 is 1.50 bits per heavy atom. The molecule has 0 aliphatic carbocycles. The zero-order valence-electron chi connectivity index (χ0n) is 8.74. The molecule has 0 radical (unpaired) electrons. The molecule has 0 bridgehead atoms. The molecule has 5 heteroatoms. The number of aromatic nitrogens is 1. The fraction of sp³-hybridized carbons (Fsp3) is 0.182. The molecule has 0 atom stereocenters. The summed E-state index contributed by atoms with van der Waals surface area (Å²) in [5, 5.41) is 2.40. The van der Waals surface area contributed by atoms with Gasteiger partial charge in [0.1, 0.15) is 0 Å². The zero-order valence-corrected chi connectivity index (χ0v) is 9.55. The fourth-order valence-corrected chi connectivity index (χ4v) is 2.00. The number of thiazole rings is 1. The van der Waals surface area contributed by atoms with Crippen LogP contribution in [0.25, 0.3) is 0 Å². The summed E-state index contributed by atoms with van der Waals surface area (Å²) in [7, 11) is 1.44. The first-order chi connectivity index (χ1) is 7.69. The van der Waals surface area contributed by atoms with Crippen LogP contribution in [0.2, 0.25) is 0 Å². The van der Waals surface area contributed by atoms with Gasteiger partial charge in [-0.05, 0) is 17.7 Å². The van der Waals surface area contributed by atoms with Crippen molar-refractivity contribution >= 4 is 16.5 Å². The number of nitrogens with zero attached hydrogens (tertiary/aromatic N) is 1. The van der Waals surface area contributed by atoms with E-state index in [0.717, 1.165) is 11.3 Å². The average molecular weight is 238 g/mol. The number of nitrogen functional groups attached to an aromatic ring is 1. The largest absolute Gasteiger partial charge is 0.494 e. The van der Waals surface area contributed by atoms with Crippen molar-refractivity contribution < 1.29 is 9.13 Å². The first-order valence-electron chi connectivity index (χ1n) is 4.71. The summed E-state index contributed by atoms with van der Waals surface area (Å²) in [4.78, 5) is 4.12. The molecule has 0 amide bonds. The summed E-state index contributed by atoms with van der Waals surface area (Å²) >= 11 is 1.38. The third-order valence-electron chi connectivity index (χ3n) is 2.17. The Morgan fingerprint density at radius 2 is 2.31 bits per heavy atom. The Morgan fingerprint density at radius 3 is 2.88 bits per heavy atom. The number of hydrogen-bond donors (Lipinski definition) is 1. The van der Waals surface area contributed by atoms with Gasteiger partial charge in [0.05, 0.1) is 12.8 Å². The first kappa shape index (κ1) is 10.9. The van der Waals surface area contributed by atoms with E-state index in [1.807, 2.05) is 11.4 Å². The molecule has 0 aliphatic heterocycles. The van der Waals surface area contributed by atoms with Crippen LogP contribution in [0, 0.1) is 5.82 Å². The summed E-state index contributed by atoms with van der Waals surface area (Å²) < 4.78 is 18.2. The Bertz CT molecular complexity index is 498. The maximum absolute atomic E-state index is 13.4. The number of halogens is 1. The van der Waals surface area contributed by atoms with Crippen molar-refractivity contribution in [2.75, 3.05) is 12.8 Å². The second kappa shape index (κ2) is 4.49. The summed E-state index contributed by atoms with van der Waals surface area (Å²) in [5.41, 5.74) is 7.23. The van der Waals surface area contributed by atoms with Gasteiger partial charge in [0.25, 0.3) is 0 Å². The maximum Gasteiger partial charge on any atom is 0.180 e. The highest BCUT2D eigenvalue weighted by Gasteiger charge is 2.05. The number of methoxy groups -OCH3 is 1. The van der Waals surface area contributed by atoms with Crippen molar-refractivity contribution in [3.8, 4) is 5.75 Å². The van der Waals surface area contributed by atoms with Crippen molar-refractivity contribution in [3.63, 3.8) is 0 Å². The van der Waals surface area contributed by atoms with E-state index < -0.39 is 0 Å². The zero-order chi connectivity index (χ0) is 11.5. The lowest BCUT2D eigenvalue weighted by molar-refractivity contribution is 0.386. The second-order valence-corrected chi connectivity index (χ2v) is 4.21. The van der Waals surface area contributed by atoms with Crippen molar-refractivity contribution in [2.24, 2.45) is 0 Å². The molecule has 2 aromatic rings. The van der Waals surface area contributed by atoms with Crippen molar-refractivity contribution in [2.45, 2.75) is 6.42 Å². The minimum atomic E-state index is -0.358. The quantitative estimate of drug-likeness (QED) is 0.893. The molecule has 0 saturated heterocycles. The van der Waals surface area contributed by atoms with E-state index in [-0.39, 0.29) is 11.6 Å². The number of hydrogen-bond acceptors (Lipinski definition) is 4. The summed E-state index contributed by atoms with van der Waals surface area (Å²) in [6.07, 6.45) is 0.578. The molecule has 16 heavy (non-hydrogen) atoms. The molecule has 0 aliphatic rings. The summed E-state index contributed by atoms with van der Waals surface area (Å²) in [5.74, 6) is -0.107. The molecule has 3 nitrogen and oxygen atoms in total. The van der Waals surface area contributed by atoms with Crippen LogP contribution in [-0.4, -0.2) is 12.1 Å². The van der Waals surface area contributed by atoms with E-state index in [0.29, 0.717) is 11.6 Å². The molecule has 2 N–H and O–H groups in total. The van der Waals surface area contributed by atoms with Crippen LogP contribution in [-0.2, 0) is 6.42 Å². The van der Waals surface area contributed by atoms with Gasteiger partial charge in [-0.2, -0.15) is 0 Å². The van der Waals surface area contributed by atoms with Gasteiger partial charge in [-0.3, -0.25) is 0 Å². The first-order valence-corrected chi connectivity index (χ1v) is 5.59. The third-order valence-corrected chi connectivity index (χ3v) is 2.89. The average Bonchev–Trinajstić information content (AvgIpc) is 2.64. The van der Waals surface area contributed by atoms with Crippen molar-refractivity contribution in [1.29, 1.82) is 0 Å². The van der Waals surface area contributed by atoms with Crippen LogP contribution in [0.5, 0.6) is 5.75 Å². The lowest BCUT2D eigenvalue weighted by Crippen LogP contribution is -1.93. The Labute approximate surface area is 96.7 Å². The van der Waals surface area contributed by atoms with E-state index in [1.165, 1.54) is 24.5 Å². The highest BCUT2D eigenvalue weighted by atomic mass is 32.1. The molecule has 0 spiro atoms. The fourth-order valence-electron chi connectivity index (χ4n) is 1.43. The van der Waals surface area contributed by atoms with Crippen LogP contribution < -0.4 is 10.5 Å². The molecule has 2 rings (SSSR count). The number of anilines is 1. The molecule has 1 aromatic heterocycles. The number of ether oxygens (including phenoxy) is 1. The van der Waals surface area contributed by atoms with Crippen LogP contribution in [0.1, 0.15) is 11.3 Å². The van der Waals surface area contributed by atoms with Gasteiger partial charge in [-0.1, -0.05) is 6.07 Å². The highest BCUT2D eigenvalue weighted by molar-refractivity contribution is 7.13. The minimum Gasteiger partial charge on any atom is -0.494 e. The number of rotatable bonds is 3. The van der Waals surface area contributed by atoms with E-state index in [9.17, 15) is 4.39 Å². The van der Waals surface area contributed by atoms with Gasteiger partial charge in [0.15, 0.2) is 16.7 Å². The van der Waals surface area contributed by atoms with Crippen LogP contribution >= 0.6 is 11.3 Å². The molecule has 0 fully saturated rings. The molecule has 1 aromatic carbocycles. The lowest BCUT2D eigenvalue weighted by atomic mass is 10.1. The van der Waals surface area contributed by atoms with E-state index >= 15 is 0 Å². The third kappa shape index (κ3) is 2.30. The van der Waals surface area contributed by atoms with Crippen LogP contribution in [0.3, 0.4) is 0 Å². The molecule has 0 unspecified atom stereocenters. The van der Waals surface area contributed by atoms with Gasteiger partial charge < -0.3 is 10.5 Å². The predicted molar refractivity (Wildman–Crippen MR) is 62.3 cm³/mol. The Hall–Kier alpha value is -1.62. The van der Waals surface area contributed by atoms with Gasteiger partial charge in [-0.15, -0.1) is 11.3 Å². The van der Waals surface area contributed by atoms with E-state index in [2.05, 4.69) is 4.98 Å². The Kier molecular flexibility index (Phi) is 3.05. The molecular weight excluding hydrogens is 227 g/mol. The van der Waals surface area contributed by atoms with Crippen LogP contribution in [0.4, 0.5) is 9.52 Å². The highest BCUT2D eigenvalue weighted by Crippen LogP contribution is 2.20. The van der Waals surface area contributed by atoms with Gasteiger partial charge in [0.2, 0.25) is 0 Å². The Balaban J connectivity index is 2.19. The van der Waals surface area contributed by atoms with E-state index in [1.54, 1.807) is 6.07 Å². The standard InChI is InChI=1S/C11H11FN2OS/c1-15-10-3-2-7(5-9(10)12)4-8-6-16-11(13)14-8/h2-3,5-6H,4H2,1H3,(H2,13,14). The molecular formula is C11H11FN2OS. The molecule has 1 heterocycles. The van der Waals surface area contributed by atoms with Gasteiger partial charge in [0, 0.05) is 11.8 Å². The summed E-state index contributed by atoms with van der Waals surface area (Å²) in [6, 6.07) is 4.88. The van der Waals surface area contributed by atoms with Crippen LogP contribution in [0.15, 0.2) is 23.6 Å².